The zero-order valence-electron chi connectivity index (χ0n) is 38.6. The number of hydrogen-bond donors (Lipinski definition) is 0. The third kappa shape index (κ3) is 12.4. The molecular formula is C50H50F3N7O7S2. The number of alkyl halides is 3. The lowest BCUT2D eigenvalue weighted by atomic mass is 9.93. The van der Waals surface area contributed by atoms with Gasteiger partial charge in [-0.15, -0.1) is 0 Å². The van der Waals surface area contributed by atoms with Crippen LogP contribution in [0.1, 0.15) is 62.4 Å². The van der Waals surface area contributed by atoms with Gasteiger partial charge in [-0.2, -0.15) is 22.8 Å². The monoisotopic (exact) mass is 981 g/mol. The Morgan fingerprint density at radius 1 is 0.884 bits per heavy atom. The minimum Gasteiger partial charge on any atom is -0.497 e. The molecule has 1 fully saturated rings. The molecule has 19 heteroatoms. The molecule has 1 aliphatic rings. The van der Waals surface area contributed by atoms with Crippen molar-refractivity contribution in [2.75, 3.05) is 31.0 Å². The first-order valence-electron chi connectivity index (χ1n) is 22.0. The maximum absolute atomic E-state index is 14.4. The zero-order valence-corrected chi connectivity index (χ0v) is 40.2. The number of nitrogens with zero attached hydrogens (tertiary/aromatic N) is 7. The Morgan fingerprint density at radius 2 is 1.62 bits per heavy atom. The summed E-state index contributed by atoms with van der Waals surface area (Å²) in [7, 11) is -2.80. The van der Waals surface area contributed by atoms with E-state index in [0.717, 1.165) is 37.4 Å². The molecule has 0 atom stereocenters. The molecule has 1 saturated heterocycles. The number of pyridine rings is 1. The van der Waals surface area contributed by atoms with Crippen LogP contribution < -0.4 is 13.8 Å². The summed E-state index contributed by atoms with van der Waals surface area (Å²) in [5.74, 6) is -1.14. The van der Waals surface area contributed by atoms with Crippen LogP contribution in [0.5, 0.6) is 17.2 Å². The second-order valence-electron chi connectivity index (χ2n) is 17.4. The Bertz CT molecular complexity index is 2940. The Morgan fingerprint density at radius 3 is 2.28 bits per heavy atom. The number of carbonyl (C=O) groups is 2. The molecule has 4 aromatic carbocycles. The van der Waals surface area contributed by atoms with Gasteiger partial charge in [0.1, 0.15) is 35.2 Å². The van der Waals surface area contributed by atoms with E-state index in [0.29, 0.717) is 48.4 Å². The van der Waals surface area contributed by atoms with Crippen molar-refractivity contribution in [2.24, 2.45) is 5.92 Å². The number of sulfonamides is 1. The lowest BCUT2D eigenvalue weighted by molar-refractivity contribution is -0.186. The van der Waals surface area contributed by atoms with Crippen molar-refractivity contribution < 1.29 is 45.4 Å². The normalized spacial score (nSPS) is 13.3. The van der Waals surface area contributed by atoms with Crippen molar-refractivity contribution in [3.63, 3.8) is 0 Å². The number of hydrogen-bond acceptors (Lipinski definition) is 12. The van der Waals surface area contributed by atoms with Gasteiger partial charge >= 0.3 is 18.2 Å². The van der Waals surface area contributed by atoms with Crippen LogP contribution in [0.15, 0.2) is 114 Å². The van der Waals surface area contributed by atoms with E-state index >= 15 is 0 Å². The average Bonchev–Trinajstić information content (AvgIpc) is 3.87. The molecular weight excluding hydrogens is 932 g/mol. The zero-order chi connectivity index (χ0) is 49.5. The van der Waals surface area contributed by atoms with Gasteiger partial charge < -0.3 is 24.0 Å². The predicted octanol–water partition coefficient (Wildman–Crippen LogP) is 10.6. The maximum Gasteiger partial charge on any atom is 0.471 e. The predicted molar refractivity (Wildman–Crippen MR) is 254 cm³/mol. The summed E-state index contributed by atoms with van der Waals surface area (Å²) in [6.07, 6.45) is -1.52. The first kappa shape index (κ1) is 49.9. The van der Waals surface area contributed by atoms with Gasteiger partial charge in [-0.25, -0.2) is 22.5 Å². The third-order valence-corrected chi connectivity index (χ3v) is 14.0. The molecule has 0 saturated carbocycles. The van der Waals surface area contributed by atoms with E-state index < -0.39 is 40.3 Å². The van der Waals surface area contributed by atoms with Crippen molar-refractivity contribution >= 4 is 38.7 Å². The number of aryl methyl sites for hydroxylation is 1. The van der Waals surface area contributed by atoms with Crippen LogP contribution in [-0.2, 0) is 32.6 Å². The molecule has 69 heavy (non-hydrogen) atoms. The van der Waals surface area contributed by atoms with Crippen molar-refractivity contribution in [2.45, 2.75) is 76.7 Å². The SMILES string of the molecule is COc1ccc(CN(c2ncns2)S(=O)(=O)c2ccc(Oc3ccc(-c4ccccc4)cc3-c3ccnc(CN(CCC4CCN(C(=O)OC(C)(C)C)CC4)C(=O)C(F)(F)F)c3)c(C#N)c2)c(C)c1. The smallest absolute Gasteiger partial charge is 0.471 e. The van der Waals surface area contributed by atoms with Crippen molar-refractivity contribution in [3.05, 3.63) is 132 Å². The number of nitriles is 1. The molecule has 6 aromatic rings. The number of rotatable bonds is 15. The van der Waals surface area contributed by atoms with Crippen LogP contribution in [0, 0.1) is 24.2 Å². The fourth-order valence-electron chi connectivity index (χ4n) is 7.83. The van der Waals surface area contributed by atoms with Gasteiger partial charge in [-0.1, -0.05) is 42.5 Å². The molecule has 0 N–H and O–H groups in total. The van der Waals surface area contributed by atoms with Gasteiger partial charge in [0.2, 0.25) is 5.13 Å². The van der Waals surface area contributed by atoms with Crippen LogP contribution in [0.4, 0.5) is 23.1 Å². The lowest BCUT2D eigenvalue weighted by Gasteiger charge is -2.34. The van der Waals surface area contributed by atoms with E-state index in [4.69, 9.17) is 14.2 Å². The van der Waals surface area contributed by atoms with Crippen LogP contribution >= 0.6 is 11.5 Å². The van der Waals surface area contributed by atoms with Gasteiger partial charge in [-0.3, -0.25) is 9.78 Å². The van der Waals surface area contributed by atoms with E-state index in [1.807, 2.05) is 49.4 Å². The van der Waals surface area contributed by atoms with Gasteiger partial charge in [0, 0.05) is 42.9 Å². The summed E-state index contributed by atoms with van der Waals surface area (Å²) in [5.41, 5.74) is 3.48. The summed E-state index contributed by atoms with van der Waals surface area (Å²) in [6, 6.07) is 29.3. The lowest BCUT2D eigenvalue weighted by Crippen LogP contribution is -2.44. The number of methoxy groups -OCH3 is 1. The number of aromatic nitrogens is 3. The average molecular weight is 982 g/mol. The van der Waals surface area contributed by atoms with Gasteiger partial charge in [0.05, 0.1) is 36.4 Å². The number of piperidine rings is 1. The summed E-state index contributed by atoms with van der Waals surface area (Å²) >= 11 is 0.899. The Hall–Kier alpha value is -7.04. The second kappa shape index (κ2) is 21.1. The molecule has 0 radical (unpaired) electrons. The van der Waals surface area contributed by atoms with Crippen molar-refractivity contribution in [1.82, 2.24) is 24.1 Å². The molecule has 2 amide bonds. The molecule has 0 aliphatic carbocycles. The van der Waals surface area contributed by atoms with Crippen LogP contribution in [0.2, 0.25) is 0 Å². The number of ether oxygens (including phenoxy) is 3. The Kier molecular flexibility index (Phi) is 15.2. The number of carbonyl (C=O) groups excluding carboxylic acids is 2. The molecule has 7 rings (SSSR count). The Balaban J connectivity index is 1.16. The number of amides is 2. The number of likely N-dealkylation sites (tertiary alicyclic amines) is 1. The van der Waals surface area contributed by atoms with Crippen LogP contribution in [-0.4, -0.2) is 83.1 Å². The first-order valence-corrected chi connectivity index (χ1v) is 24.2. The highest BCUT2D eigenvalue weighted by molar-refractivity contribution is 7.93. The third-order valence-electron chi connectivity index (χ3n) is 11.5. The first-order chi connectivity index (χ1) is 32.8. The highest BCUT2D eigenvalue weighted by Crippen LogP contribution is 2.39. The largest absolute Gasteiger partial charge is 0.497 e. The standard InChI is InChI=1S/C50H50F3N7O7S2/c1-33-25-41(65-5)13-11-38(33)30-60(47-56-32-57-68-47)69(63,64)42-14-16-44(39(27-42)29-54)66-45-15-12-36(35-9-7-6-8-10-35)28-43(45)37-17-21-55-40(26-37)31-59(46(61)50(51,52)53)24-20-34-18-22-58(23-19-34)48(62)67-49(2,3)4/h6-17,21,25-28,32,34H,18-20,22-24,30-31H2,1-5H3. The number of anilines is 1. The van der Waals surface area contributed by atoms with E-state index in [1.165, 1.54) is 37.8 Å². The highest BCUT2D eigenvalue weighted by atomic mass is 32.2. The van der Waals surface area contributed by atoms with Crippen LogP contribution in [0.25, 0.3) is 22.3 Å². The molecule has 360 valence electrons. The quantitative estimate of drug-likeness (QED) is 0.0960. The summed E-state index contributed by atoms with van der Waals surface area (Å²) < 4.78 is 93.4. The minimum absolute atomic E-state index is 0.0303. The summed E-state index contributed by atoms with van der Waals surface area (Å²) in [4.78, 5) is 36.2. The minimum atomic E-state index is -5.14. The fourth-order valence-corrected chi connectivity index (χ4v) is 9.99. The van der Waals surface area contributed by atoms with E-state index in [-0.39, 0.29) is 58.2 Å². The van der Waals surface area contributed by atoms with E-state index in [9.17, 15) is 36.4 Å². The molecule has 0 spiro atoms. The van der Waals surface area contributed by atoms with E-state index in [1.54, 1.807) is 62.1 Å². The molecule has 3 heterocycles. The van der Waals surface area contributed by atoms with Crippen LogP contribution in [0.3, 0.4) is 0 Å². The highest BCUT2D eigenvalue weighted by Gasteiger charge is 2.43. The topological polar surface area (TPSA) is 168 Å². The van der Waals surface area contributed by atoms with Crippen molar-refractivity contribution in [1.29, 1.82) is 5.26 Å². The molecule has 14 nitrogen and oxygen atoms in total. The molecule has 2 aromatic heterocycles. The van der Waals surface area contributed by atoms with Gasteiger partial charge in [0.15, 0.2) is 0 Å². The number of benzene rings is 4. The summed E-state index contributed by atoms with van der Waals surface area (Å²) in [5, 5.41) is 10.5. The van der Waals surface area contributed by atoms with Gasteiger partial charge in [-0.05, 0) is 135 Å². The number of halogens is 3. The fraction of sp³-hybridized carbons (Fsp3) is 0.320. The Labute approximate surface area is 403 Å². The maximum atomic E-state index is 14.4. The molecule has 0 unspecified atom stereocenters. The molecule has 0 bridgehead atoms. The second-order valence-corrected chi connectivity index (χ2v) is 20.1. The summed E-state index contributed by atoms with van der Waals surface area (Å²) in [6.45, 7) is 7.21. The molecule has 1 aliphatic heterocycles. The van der Waals surface area contributed by atoms with E-state index in [2.05, 4.69) is 20.4 Å². The van der Waals surface area contributed by atoms with Gasteiger partial charge in [0.25, 0.3) is 10.0 Å². The van der Waals surface area contributed by atoms with Crippen molar-refractivity contribution in [3.8, 4) is 45.6 Å².